The second-order valence-electron chi connectivity index (χ2n) is 8.32. The summed E-state index contributed by atoms with van der Waals surface area (Å²) in [5, 5.41) is 2.95. The Morgan fingerprint density at radius 3 is 2.56 bits per heavy atom. The number of hydrogen-bond donors (Lipinski definition) is 1. The number of nitrogens with zero attached hydrogens (tertiary/aromatic N) is 2. The summed E-state index contributed by atoms with van der Waals surface area (Å²) >= 11 is 0. The monoisotopic (exact) mass is 371 g/mol. The third-order valence-corrected chi connectivity index (χ3v) is 6.35. The van der Waals surface area contributed by atoms with Crippen LogP contribution >= 0.6 is 0 Å². The van der Waals surface area contributed by atoms with E-state index < -0.39 is 0 Å². The van der Waals surface area contributed by atoms with E-state index in [0.717, 1.165) is 30.5 Å². The van der Waals surface area contributed by atoms with Crippen molar-refractivity contribution >= 4 is 17.5 Å². The first-order valence-corrected chi connectivity index (χ1v) is 10.3. The van der Waals surface area contributed by atoms with E-state index in [0.29, 0.717) is 13.0 Å². The van der Waals surface area contributed by atoms with Crippen LogP contribution in [0.25, 0.3) is 0 Å². The molecule has 0 aliphatic carbocycles. The molecule has 2 saturated heterocycles. The molecule has 0 spiro atoms. The number of carbonyl (C=O) groups excluding carboxylic acids is 2. The van der Waals surface area contributed by atoms with Gasteiger partial charge in [0.2, 0.25) is 11.8 Å². The minimum Gasteiger partial charge on any atom is -0.345 e. The van der Waals surface area contributed by atoms with E-state index in [9.17, 15) is 9.59 Å². The smallest absolute Gasteiger partial charge is 0.229 e. The summed E-state index contributed by atoms with van der Waals surface area (Å²) in [6.45, 7) is 8.76. The van der Waals surface area contributed by atoms with Gasteiger partial charge in [-0.3, -0.25) is 9.59 Å². The summed E-state index contributed by atoms with van der Waals surface area (Å²) < 4.78 is 0. The molecule has 3 atom stereocenters. The van der Waals surface area contributed by atoms with Crippen LogP contribution in [0.1, 0.15) is 38.7 Å². The highest BCUT2D eigenvalue weighted by Gasteiger charge is 2.32. The predicted molar refractivity (Wildman–Crippen MR) is 109 cm³/mol. The number of nitrogens with one attached hydrogen (secondary N) is 1. The van der Waals surface area contributed by atoms with E-state index in [1.165, 1.54) is 31.5 Å². The SMILES string of the molecule is CCN1CC[C@H](CCc2ccc(NC(=O)[C@@H]3CC(=O)N(C)C3)cc2)[C@@H](C)C1. The maximum atomic E-state index is 12.3. The number of likely N-dealkylation sites (tertiary alicyclic amines) is 2. The fourth-order valence-electron chi connectivity index (χ4n) is 4.39. The highest BCUT2D eigenvalue weighted by Crippen LogP contribution is 2.27. The van der Waals surface area contributed by atoms with Gasteiger partial charge in [-0.25, -0.2) is 0 Å². The van der Waals surface area contributed by atoms with Gasteiger partial charge in [0.25, 0.3) is 0 Å². The van der Waals surface area contributed by atoms with Crippen LogP contribution in [0.5, 0.6) is 0 Å². The lowest BCUT2D eigenvalue weighted by molar-refractivity contribution is -0.127. The Morgan fingerprint density at radius 2 is 1.96 bits per heavy atom. The average Bonchev–Trinajstić information content (AvgIpc) is 3.01. The maximum Gasteiger partial charge on any atom is 0.229 e. The van der Waals surface area contributed by atoms with Gasteiger partial charge in [-0.15, -0.1) is 0 Å². The third-order valence-electron chi connectivity index (χ3n) is 6.35. The van der Waals surface area contributed by atoms with Gasteiger partial charge in [0.15, 0.2) is 0 Å². The Bertz CT molecular complexity index is 658. The van der Waals surface area contributed by atoms with Gasteiger partial charge in [0, 0.05) is 32.2 Å². The van der Waals surface area contributed by atoms with Crippen molar-refractivity contribution in [2.45, 2.75) is 39.5 Å². The molecule has 2 heterocycles. The first kappa shape index (κ1) is 19.9. The van der Waals surface area contributed by atoms with E-state index in [2.05, 4.69) is 36.2 Å². The van der Waals surface area contributed by atoms with Gasteiger partial charge in [-0.2, -0.15) is 0 Å². The van der Waals surface area contributed by atoms with Crippen LogP contribution in [0.2, 0.25) is 0 Å². The largest absolute Gasteiger partial charge is 0.345 e. The summed E-state index contributed by atoms with van der Waals surface area (Å²) in [5.41, 5.74) is 2.14. The highest BCUT2D eigenvalue weighted by atomic mass is 16.2. The van der Waals surface area contributed by atoms with Gasteiger partial charge in [0.1, 0.15) is 0 Å². The van der Waals surface area contributed by atoms with Gasteiger partial charge in [-0.1, -0.05) is 26.0 Å². The van der Waals surface area contributed by atoms with Gasteiger partial charge < -0.3 is 15.1 Å². The van der Waals surface area contributed by atoms with Crippen molar-refractivity contribution in [1.82, 2.24) is 9.80 Å². The average molecular weight is 372 g/mol. The molecule has 0 radical (unpaired) electrons. The molecule has 0 bridgehead atoms. The zero-order chi connectivity index (χ0) is 19.4. The second-order valence-corrected chi connectivity index (χ2v) is 8.32. The number of amides is 2. The molecule has 0 unspecified atom stereocenters. The van der Waals surface area contributed by atoms with Crippen molar-refractivity contribution in [3.8, 4) is 0 Å². The van der Waals surface area contributed by atoms with E-state index in [1.54, 1.807) is 11.9 Å². The lowest BCUT2D eigenvalue weighted by Crippen LogP contribution is -2.39. The summed E-state index contributed by atoms with van der Waals surface area (Å²) in [7, 11) is 1.75. The lowest BCUT2D eigenvalue weighted by Gasteiger charge is -2.36. The number of rotatable bonds is 6. The molecule has 5 nitrogen and oxygen atoms in total. The van der Waals surface area contributed by atoms with Crippen molar-refractivity contribution in [1.29, 1.82) is 0 Å². The third kappa shape index (κ3) is 5.10. The molecule has 27 heavy (non-hydrogen) atoms. The van der Waals surface area contributed by atoms with E-state index >= 15 is 0 Å². The highest BCUT2D eigenvalue weighted by molar-refractivity contribution is 5.97. The predicted octanol–water partition coefficient (Wildman–Crippen LogP) is 3.01. The molecule has 2 aliphatic heterocycles. The Morgan fingerprint density at radius 1 is 1.22 bits per heavy atom. The number of hydrogen-bond acceptors (Lipinski definition) is 3. The van der Waals surface area contributed by atoms with Crippen molar-refractivity contribution in [2.24, 2.45) is 17.8 Å². The summed E-state index contributed by atoms with van der Waals surface area (Å²) in [5.74, 6) is 1.33. The molecule has 1 N–H and O–H groups in total. The second kappa shape index (κ2) is 8.87. The number of carbonyl (C=O) groups is 2. The Hall–Kier alpha value is -1.88. The van der Waals surface area contributed by atoms with Gasteiger partial charge in [-0.05, 0) is 61.9 Å². The van der Waals surface area contributed by atoms with Crippen LogP contribution in [0, 0.1) is 17.8 Å². The molecule has 3 rings (SSSR count). The molecule has 5 heteroatoms. The van der Waals surface area contributed by atoms with Crippen molar-refractivity contribution in [3.63, 3.8) is 0 Å². The zero-order valence-electron chi connectivity index (χ0n) is 16.9. The lowest BCUT2D eigenvalue weighted by atomic mass is 9.83. The first-order valence-electron chi connectivity index (χ1n) is 10.3. The molecule has 148 valence electrons. The summed E-state index contributed by atoms with van der Waals surface area (Å²) in [6.07, 6.45) is 3.95. The number of aryl methyl sites for hydroxylation is 1. The Balaban J connectivity index is 1.46. The maximum absolute atomic E-state index is 12.3. The number of anilines is 1. The van der Waals surface area contributed by atoms with E-state index in [-0.39, 0.29) is 17.7 Å². The molecule has 0 saturated carbocycles. The van der Waals surface area contributed by atoms with Crippen LogP contribution in [-0.4, -0.2) is 54.8 Å². The Kier molecular flexibility index (Phi) is 6.53. The van der Waals surface area contributed by atoms with Crippen molar-refractivity contribution < 1.29 is 9.59 Å². The van der Waals surface area contributed by atoms with E-state index in [1.807, 2.05) is 12.1 Å². The standard InChI is InChI=1S/C22H33N3O2/c1-4-25-12-11-18(16(2)14-25)8-5-17-6-9-20(10-7-17)23-22(27)19-13-21(26)24(3)15-19/h6-7,9-10,16,18-19H,4-5,8,11-15H2,1-3H3,(H,23,27)/t16-,18-,19+/m0/s1. The fraction of sp³-hybridized carbons (Fsp3) is 0.636. The fourth-order valence-corrected chi connectivity index (χ4v) is 4.39. The van der Waals surface area contributed by atoms with Crippen LogP contribution in [0.4, 0.5) is 5.69 Å². The van der Waals surface area contributed by atoms with Crippen molar-refractivity contribution in [2.75, 3.05) is 38.5 Å². The quantitative estimate of drug-likeness (QED) is 0.836. The molecule has 1 aromatic carbocycles. The number of piperidine rings is 1. The first-order chi connectivity index (χ1) is 13.0. The molecule has 2 aliphatic rings. The van der Waals surface area contributed by atoms with Crippen LogP contribution in [0.15, 0.2) is 24.3 Å². The number of benzene rings is 1. The van der Waals surface area contributed by atoms with Crippen LogP contribution in [-0.2, 0) is 16.0 Å². The Labute approximate surface area is 163 Å². The zero-order valence-corrected chi connectivity index (χ0v) is 16.9. The molecule has 0 aromatic heterocycles. The molecular formula is C22H33N3O2. The summed E-state index contributed by atoms with van der Waals surface area (Å²) in [6, 6.07) is 8.20. The summed E-state index contributed by atoms with van der Waals surface area (Å²) in [4.78, 5) is 28.1. The van der Waals surface area contributed by atoms with E-state index in [4.69, 9.17) is 0 Å². The van der Waals surface area contributed by atoms with Gasteiger partial charge >= 0.3 is 0 Å². The van der Waals surface area contributed by atoms with Gasteiger partial charge in [0.05, 0.1) is 5.92 Å². The normalized spacial score (nSPS) is 26.4. The van der Waals surface area contributed by atoms with Crippen molar-refractivity contribution in [3.05, 3.63) is 29.8 Å². The van der Waals surface area contributed by atoms with Crippen LogP contribution in [0.3, 0.4) is 0 Å². The van der Waals surface area contributed by atoms with Crippen LogP contribution < -0.4 is 5.32 Å². The topological polar surface area (TPSA) is 52.7 Å². The minimum absolute atomic E-state index is 0.0458. The molecule has 2 amide bonds. The molecular weight excluding hydrogens is 338 g/mol. The minimum atomic E-state index is -0.238. The molecule has 1 aromatic rings. The molecule has 2 fully saturated rings.